The highest BCUT2D eigenvalue weighted by molar-refractivity contribution is 7.89. The van der Waals surface area contributed by atoms with E-state index in [2.05, 4.69) is 4.72 Å². The summed E-state index contributed by atoms with van der Waals surface area (Å²) in [6, 6.07) is 3.40. The maximum absolute atomic E-state index is 12.2. The molecule has 1 aromatic rings. The van der Waals surface area contributed by atoms with Crippen LogP contribution in [0, 0.1) is 19.8 Å². The zero-order valence-corrected chi connectivity index (χ0v) is 12.4. The van der Waals surface area contributed by atoms with Crippen molar-refractivity contribution in [2.24, 2.45) is 5.92 Å². The van der Waals surface area contributed by atoms with Crippen molar-refractivity contribution in [2.75, 3.05) is 13.7 Å². The summed E-state index contributed by atoms with van der Waals surface area (Å²) in [5, 5.41) is 0. The Morgan fingerprint density at radius 2 is 1.78 bits per heavy atom. The predicted octanol–water partition coefficient (Wildman–Crippen LogP) is 2.25. The molecule has 0 saturated heterocycles. The van der Waals surface area contributed by atoms with E-state index in [1.807, 2.05) is 27.7 Å². The number of ether oxygens (including phenoxy) is 1. The normalized spacial score (nSPS) is 11.9. The van der Waals surface area contributed by atoms with Gasteiger partial charge in [0.1, 0.15) is 10.6 Å². The van der Waals surface area contributed by atoms with E-state index in [1.165, 1.54) is 7.11 Å². The Labute approximate surface area is 109 Å². The summed E-state index contributed by atoms with van der Waals surface area (Å²) in [5.41, 5.74) is 1.94. The van der Waals surface area contributed by atoms with Crippen LogP contribution in [0.15, 0.2) is 17.0 Å². The second-order valence-electron chi connectivity index (χ2n) is 4.83. The van der Waals surface area contributed by atoms with Gasteiger partial charge in [-0.15, -0.1) is 0 Å². The monoisotopic (exact) mass is 271 g/mol. The van der Waals surface area contributed by atoms with Gasteiger partial charge in [-0.25, -0.2) is 13.1 Å². The van der Waals surface area contributed by atoms with Crippen molar-refractivity contribution in [3.05, 3.63) is 23.3 Å². The van der Waals surface area contributed by atoms with Gasteiger partial charge in [0.25, 0.3) is 0 Å². The van der Waals surface area contributed by atoms with Crippen LogP contribution >= 0.6 is 0 Å². The van der Waals surface area contributed by atoms with Crippen molar-refractivity contribution in [3.63, 3.8) is 0 Å². The number of hydrogen-bond acceptors (Lipinski definition) is 3. The molecule has 0 atom stereocenters. The van der Waals surface area contributed by atoms with Crippen LogP contribution in [-0.2, 0) is 10.0 Å². The molecule has 0 radical (unpaired) electrons. The van der Waals surface area contributed by atoms with Crippen LogP contribution in [0.25, 0.3) is 0 Å². The number of nitrogens with one attached hydrogen (secondary N) is 1. The lowest BCUT2D eigenvalue weighted by atomic mass is 10.1. The van der Waals surface area contributed by atoms with Crippen molar-refractivity contribution in [1.82, 2.24) is 4.72 Å². The van der Waals surface area contributed by atoms with Gasteiger partial charge in [0, 0.05) is 6.54 Å². The Balaban J connectivity index is 3.19. The quantitative estimate of drug-likeness (QED) is 0.893. The van der Waals surface area contributed by atoms with E-state index in [9.17, 15) is 8.42 Å². The lowest BCUT2D eigenvalue weighted by Gasteiger charge is -2.14. The smallest absolute Gasteiger partial charge is 0.244 e. The highest BCUT2D eigenvalue weighted by Gasteiger charge is 2.20. The molecule has 0 spiro atoms. The number of rotatable bonds is 5. The van der Waals surface area contributed by atoms with Crippen LogP contribution in [0.4, 0.5) is 0 Å². The number of methoxy groups -OCH3 is 1. The first-order valence-electron chi connectivity index (χ1n) is 5.93. The summed E-state index contributed by atoms with van der Waals surface area (Å²) in [6.07, 6.45) is 0. The molecule has 18 heavy (non-hydrogen) atoms. The Morgan fingerprint density at radius 3 is 2.28 bits per heavy atom. The molecule has 5 heteroatoms. The van der Waals surface area contributed by atoms with E-state index in [-0.39, 0.29) is 10.8 Å². The van der Waals surface area contributed by atoms with Gasteiger partial charge in [-0.3, -0.25) is 0 Å². The molecule has 0 fully saturated rings. The molecule has 0 amide bonds. The first-order valence-corrected chi connectivity index (χ1v) is 7.41. The molecule has 0 aromatic heterocycles. The molecule has 1 rings (SSSR count). The van der Waals surface area contributed by atoms with Crippen LogP contribution in [0.2, 0.25) is 0 Å². The number of hydrogen-bond donors (Lipinski definition) is 1. The molecule has 1 N–H and O–H groups in total. The van der Waals surface area contributed by atoms with Crippen LogP contribution in [0.5, 0.6) is 5.75 Å². The van der Waals surface area contributed by atoms with Gasteiger partial charge in [0.05, 0.1) is 7.11 Å². The average Bonchev–Trinajstić information content (AvgIpc) is 2.29. The Kier molecular flexibility index (Phi) is 4.76. The summed E-state index contributed by atoms with van der Waals surface area (Å²) >= 11 is 0. The fraction of sp³-hybridized carbons (Fsp3) is 0.538. The zero-order valence-electron chi connectivity index (χ0n) is 11.6. The maximum Gasteiger partial charge on any atom is 0.244 e. The molecular weight excluding hydrogens is 250 g/mol. The van der Waals surface area contributed by atoms with E-state index in [0.717, 1.165) is 11.1 Å². The lowest BCUT2D eigenvalue weighted by Crippen LogP contribution is -2.28. The standard InChI is InChI=1S/C13H21NO3S/c1-9(2)8-14-18(15,16)13-7-11(4)10(3)6-12(13)17-5/h6-7,9,14H,8H2,1-5H3. The topological polar surface area (TPSA) is 55.4 Å². The molecule has 0 aliphatic heterocycles. The highest BCUT2D eigenvalue weighted by atomic mass is 32.2. The Hall–Kier alpha value is -1.07. The number of aryl methyl sites for hydroxylation is 2. The minimum Gasteiger partial charge on any atom is -0.495 e. The molecule has 0 unspecified atom stereocenters. The van der Waals surface area contributed by atoms with Gasteiger partial charge in [-0.2, -0.15) is 0 Å². The summed E-state index contributed by atoms with van der Waals surface area (Å²) in [6.45, 7) is 8.14. The van der Waals surface area contributed by atoms with Gasteiger partial charge in [0.2, 0.25) is 10.0 Å². The molecular formula is C13H21NO3S. The Morgan fingerprint density at radius 1 is 1.22 bits per heavy atom. The summed E-state index contributed by atoms with van der Waals surface area (Å²) in [7, 11) is -2.03. The third kappa shape index (κ3) is 3.46. The Bertz CT molecular complexity index is 521. The SMILES string of the molecule is COc1cc(C)c(C)cc1S(=O)(=O)NCC(C)C. The highest BCUT2D eigenvalue weighted by Crippen LogP contribution is 2.27. The van der Waals surface area contributed by atoms with E-state index in [1.54, 1.807) is 12.1 Å². The maximum atomic E-state index is 12.2. The molecule has 4 nitrogen and oxygen atoms in total. The first kappa shape index (κ1) is 15.0. The average molecular weight is 271 g/mol. The van der Waals surface area contributed by atoms with Crippen molar-refractivity contribution < 1.29 is 13.2 Å². The van der Waals surface area contributed by atoms with Crippen molar-refractivity contribution in [3.8, 4) is 5.75 Å². The number of sulfonamides is 1. The lowest BCUT2D eigenvalue weighted by molar-refractivity contribution is 0.401. The second-order valence-corrected chi connectivity index (χ2v) is 6.57. The van der Waals surface area contributed by atoms with Crippen molar-refractivity contribution in [2.45, 2.75) is 32.6 Å². The van der Waals surface area contributed by atoms with Gasteiger partial charge in [0.15, 0.2) is 0 Å². The van der Waals surface area contributed by atoms with Gasteiger partial charge in [-0.1, -0.05) is 13.8 Å². The zero-order chi connectivity index (χ0) is 13.9. The van der Waals surface area contributed by atoms with Gasteiger partial charge < -0.3 is 4.74 Å². The predicted molar refractivity (Wildman–Crippen MR) is 72.5 cm³/mol. The van der Waals surface area contributed by atoms with Crippen molar-refractivity contribution >= 4 is 10.0 Å². The third-order valence-corrected chi connectivity index (χ3v) is 4.20. The molecule has 102 valence electrons. The molecule has 0 heterocycles. The minimum atomic E-state index is -3.51. The second kappa shape index (κ2) is 5.71. The van der Waals surface area contributed by atoms with E-state index >= 15 is 0 Å². The van der Waals surface area contributed by atoms with E-state index in [4.69, 9.17) is 4.74 Å². The van der Waals surface area contributed by atoms with Crippen LogP contribution in [0.3, 0.4) is 0 Å². The third-order valence-electron chi connectivity index (χ3n) is 2.75. The molecule has 0 aliphatic carbocycles. The van der Waals surface area contributed by atoms with Gasteiger partial charge >= 0.3 is 0 Å². The molecule has 1 aromatic carbocycles. The number of benzene rings is 1. The van der Waals surface area contributed by atoms with E-state index < -0.39 is 10.0 Å². The summed E-state index contributed by atoms with van der Waals surface area (Å²) in [5.74, 6) is 0.645. The largest absolute Gasteiger partial charge is 0.495 e. The van der Waals surface area contributed by atoms with Crippen molar-refractivity contribution in [1.29, 1.82) is 0 Å². The molecule has 0 bridgehead atoms. The summed E-state index contributed by atoms with van der Waals surface area (Å²) in [4.78, 5) is 0.203. The fourth-order valence-electron chi connectivity index (χ4n) is 1.49. The molecule has 0 aliphatic rings. The van der Waals surface area contributed by atoms with Gasteiger partial charge in [-0.05, 0) is 43.0 Å². The van der Waals surface area contributed by atoms with E-state index in [0.29, 0.717) is 12.3 Å². The minimum absolute atomic E-state index is 0.203. The summed E-state index contributed by atoms with van der Waals surface area (Å²) < 4.78 is 32.1. The fourth-order valence-corrected chi connectivity index (χ4v) is 2.93. The van der Waals surface area contributed by atoms with Crippen LogP contribution in [-0.4, -0.2) is 22.1 Å². The molecule has 0 saturated carbocycles. The van der Waals surface area contributed by atoms with Crippen LogP contribution < -0.4 is 9.46 Å². The van der Waals surface area contributed by atoms with Crippen LogP contribution in [0.1, 0.15) is 25.0 Å². The first-order chi connectivity index (χ1) is 8.27.